The molecule has 0 aliphatic carbocycles. The second-order valence-corrected chi connectivity index (χ2v) is 7.41. The highest BCUT2D eigenvalue weighted by Crippen LogP contribution is 2.32. The van der Waals surface area contributed by atoms with E-state index in [1.807, 2.05) is 6.92 Å². The third kappa shape index (κ3) is 4.42. The Morgan fingerprint density at radius 3 is 2.42 bits per heavy atom. The molecule has 26 heavy (non-hydrogen) atoms. The summed E-state index contributed by atoms with van der Waals surface area (Å²) < 4.78 is 32.4. The summed E-state index contributed by atoms with van der Waals surface area (Å²) in [7, 11) is -3.59. The molecule has 0 aliphatic heterocycles. The first-order chi connectivity index (χ1) is 12.4. The second kappa shape index (κ2) is 8.82. The number of benzene rings is 2. The zero-order valence-corrected chi connectivity index (χ0v) is 16.0. The van der Waals surface area contributed by atoms with Gasteiger partial charge < -0.3 is 9.84 Å². The number of phenols is 1. The van der Waals surface area contributed by atoms with E-state index in [0.717, 1.165) is 0 Å². The molecule has 0 fully saturated rings. The van der Waals surface area contributed by atoms with Gasteiger partial charge in [-0.15, -0.1) is 0 Å². The van der Waals surface area contributed by atoms with Crippen molar-refractivity contribution >= 4 is 21.9 Å². The third-order valence-corrected chi connectivity index (χ3v) is 5.90. The van der Waals surface area contributed by atoms with Crippen LogP contribution in [0.5, 0.6) is 11.5 Å². The molecule has 1 N–H and O–H groups in total. The monoisotopic (exact) mass is 376 g/mol. The van der Waals surface area contributed by atoms with Crippen LogP contribution in [0.1, 0.15) is 26.3 Å². The fourth-order valence-corrected chi connectivity index (χ4v) is 3.96. The molecule has 0 amide bonds. The van der Waals surface area contributed by atoms with Crippen molar-refractivity contribution in [1.82, 2.24) is 4.31 Å². The quantitative estimate of drug-likeness (QED) is 0.714. The van der Waals surface area contributed by atoms with E-state index in [4.69, 9.17) is 4.74 Å². The number of nitrogens with zero attached hydrogens (tertiary/aromatic N) is 2. The van der Waals surface area contributed by atoms with Gasteiger partial charge in [-0.1, -0.05) is 26.0 Å². The van der Waals surface area contributed by atoms with Gasteiger partial charge >= 0.3 is 0 Å². The van der Waals surface area contributed by atoms with E-state index in [9.17, 15) is 13.5 Å². The third-order valence-electron chi connectivity index (χ3n) is 3.85. The van der Waals surface area contributed by atoms with Crippen LogP contribution in [0.4, 0.5) is 5.69 Å². The van der Waals surface area contributed by atoms with Crippen LogP contribution in [0.15, 0.2) is 52.4 Å². The summed E-state index contributed by atoms with van der Waals surface area (Å²) in [6.07, 6.45) is 1.49. The summed E-state index contributed by atoms with van der Waals surface area (Å²) in [5, 5.41) is 9.86. The second-order valence-electron chi connectivity index (χ2n) is 5.47. The Labute approximate surface area is 154 Å². The molecule has 0 bridgehead atoms. The molecule has 0 radical (unpaired) electrons. The van der Waals surface area contributed by atoms with Crippen LogP contribution < -0.4 is 4.74 Å². The molecule has 0 atom stereocenters. The van der Waals surface area contributed by atoms with Crippen molar-refractivity contribution in [3.63, 3.8) is 0 Å². The maximum Gasteiger partial charge on any atom is 0.243 e. The fourth-order valence-electron chi connectivity index (χ4n) is 2.48. The van der Waals surface area contributed by atoms with Gasteiger partial charge in [0.2, 0.25) is 10.0 Å². The lowest BCUT2D eigenvalue weighted by molar-refractivity contribution is 0.341. The standard InChI is InChI=1S/C19H24N2O4S/c1-4-21(5-2)26(23,24)16-11-12-19(25-6-3)17(13-16)20-14-15-9-7-8-10-18(15)22/h7-14,22H,4-6H2,1-3H3. The minimum Gasteiger partial charge on any atom is -0.507 e. The topological polar surface area (TPSA) is 79.2 Å². The van der Waals surface area contributed by atoms with Crippen LogP contribution in [0.3, 0.4) is 0 Å². The van der Waals surface area contributed by atoms with Crippen LogP contribution in [0.25, 0.3) is 0 Å². The van der Waals surface area contributed by atoms with Crippen molar-refractivity contribution in [2.45, 2.75) is 25.7 Å². The van der Waals surface area contributed by atoms with E-state index >= 15 is 0 Å². The van der Waals surface area contributed by atoms with Gasteiger partial charge in [0, 0.05) is 24.9 Å². The maximum absolute atomic E-state index is 12.7. The highest BCUT2D eigenvalue weighted by Gasteiger charge is 2.22. The molecule has 0 saturated carbocycles. The number of ether oxygens (including phenoxy) is 1. The SMILES string of the molecule is CCOc1ccc(S(=O)(=O)N(CC)CC)cc1N=Cc1ccccc1O. The van der Waals surface area contributed by atoms with Crippen LogP contribution in [-0.2, 0) is 10.0 Å². The van der Waals surface area contributed by atoms with Gasteiger partial charge in [-0.3, -0.25) is 4.99 Å². The Balaban J connectivity index is 2.48. The van der Waals surface area contributed by atoms with Gasteiger partial charge in [0.1, 0.15) is 17.2 Å². The van der Waals surface area contributed by atoms with Crippen LogP contribution in [-0.4, -0.2) is 43.7 Å². The van der Waals surface area contributed by atoms with Crippen molar-refractivity contribution in [2.24, 2.45) is 4.99 Å². The number of para-hydroxylation sites is 1. The van der Waals surface area contributed by atoms with Crippen LogP contribution >= 0.6 is 0 Å². The van der Waals surface area contributed by atoms with E-state index in [0.29, 0.717) is 36.7 Å². The highest BCUT2D eigenvalue weighted by molar-refractivity contribution is 7.89. The first kappa shape index (κ1) is 19.9. The Bertz CT molecular complexity index is 875. The molecule has 0 spiro atoms. The van der Waals surface area contributed by atoms with Crippen molar-refractivity contribution in [2.75, 3.05) is 19.7 Å². The average molecular weight is 376 g/mol. The molecule has 2 aromatic rings. The van der Waals surface area contributed by atoms with Crippen LogP contribution in [0, 0.1) is 0 Å². The van der Waals surface area contributed by atoms with Gasteiger partial charge in [0.15, 0.2) is 0 Å². The molecule has 0 unspecified atom stereocenters. The van der Waals surface area contributed by atoms with Crippen LogP contribution in [0.2, 0.25) is 0 Å². The lowest BCUT2D eigenvalue weighted by Gasteiger charge is -2.19. The maximum atomic E-state index is 12.7. The van der Waals surface area contributed by atoms with E-state index in [-0.39, 0.29) is 10.6 Å². The summed E-state index contributed by atoms with van der Waals surface area (Å²) in [4.78, 5) is 4.51. The van der Waals surface area contributed by atoms with Crippen molar-refractivity contribution in [1.29, 1.82) is 0 Å². The number of hydrogen-bond donors (Lipinski definition) is 1. The molecule has 0 saturated heterocycles. The average Bonchev–Trinajstić information content (AvgIpc) is 2.63. The molecule has 7 heteroatoms. The molecule has 0 heterocycles. The molecule has 6 nitrogen and oxygen atoms in total. The minimum absolute atomic E-state index is 0.0983. The fraction of sp³-hybridized carbons (Fsp3) is 0.316. The number of sulfonamides is 1. The van der Waals surface area contributed by atoms with Gasteiger partial charge in [-0.2, -0.15) is 4.31 Å². The van der Waals surface area contributed by atoms with E-state index in [1.54, 1.807) is 44.2 Å². The summed E-state index contributed by atoms with van der Waals surface area (Å²) in [6, 6.07) is 11.4. The Kier molecular flexibility index (Phi) is 6.76. The lowest BCUT2D eigenvalue weighted by atomic mass is 10.2. The molecule has 140 valence electrons. The van der Waals surface area contributed by atoms with E-state index in [1.165, 1.54) is 22.7 Å². The summed E-state index contributed by atoms with van der Waals surface area (Å²) in [6.45, 7) is 6.66. The van der Waals surface area contributed by atoms with Gasteiger partial charge in [0.05, 0.1) is 11.5 Å². The molecule has 0 aromatic heterocycles. The summed E-state index contributed by atoms with van der Waals surface area (Å²) in [5.74, 6) is 0.582. The smallest absolute Gasteiger partial charge is 0.243 e. The molecule has 0 aliphatic rings. The molecular weight excluding hydrogens is 352 g/mol. The Hall–Kier alpha value is -2.38. The number of aromatic hydroxyl groups is 1. The van der Waals surface area contributed by atoms with Gasteiger partial charge in [0.25, 0.3) is 0 Å². The number of aliphatic imine (C=N–C) groups is 1. The van der Waals surface area contributed by atoms with Crippen molar-refractivity contribution in [3.05, 3.63) is 48.0 Å². The first-order valence-electron chi connectivity index (χ1n) is 8.53. The molecule has 2 aromatic carbocycles. The first-order valence-corrected chi connectivity index (χ1v) is 9.97. The van der Waals surface area contributed by atoms with Crippen molar-refractivity contribution in [3.8, 4) is 11.5 Å². The summed E-state index contributed by atoms with van der Waals surface area (Å²) >= 11 is 0. The molecule has 2 rings (SSSR count). The number of hydrogen-bond acceptors (Lipinski definition) is 5. The van der Waals surface area contributed by atoms with Gasteiger partial charge in [-0.25, -0.2) is 8.42 Å². The van der Waals surface area contributed by atoms with Gasteiger partial charge in [-0.05, 0) is 37.3 Å². The summed E-state index contributed by atoms with van der Waals surface area (Å²) in [5.41, 5.74) is 0.926. The van der Waals surface area contributed by atoms with E-state index < -0.39 is 10.0 Å². The highest BCUT2D eigenvalue weighted by atomic mass is 32.2. The minimum atomic E-state index is -3.59. The largest absolute Gasteiger partial charge is 0.507 e. The number of phenolic OH excluding ortho intramolecular Hbond substituents is 1. The normalized spacial score (nSPS) is 12.0. The lowest BCUT2D eigenvalue weighted by Crippen LogP contribution is -2.30. The van der Waals surface area contributed by atoms with E-state index in [2.05, 4.69) is 4.99 Å². The zero-order valence-electron chi connectivity index (χ0n) is 15.2. The number of rotatable bonds is 8. The van der Waals surface area contributed by atoms with Crippen molar-refractivity contribution < 1.29 is 18.3 Å². The Morgan fingerprint density at radius 2 is 1.81 bits per heavy atom. The predicted octanol–water partition coefficient (Wildman–Crippen LogP) is 3.57. The zero-order chi connectivity index (χ0) is 19.2. The predicted molar refractivity (Wildman–Crippen MR) is 103 cm³/mol. The Morgan fingerprint density at radius 1 is 1.12 bits per heavy atom. The molecular formula is C19H24N2O4S.